The van der Waals surface area contributed by atoms with Crippen LogP contribution in [0.1, 0.15) is 42.2 Å². The van der Waals surface area contributed by atoms with E-state index in [1.165, 1.54) is 5.56 Å². The lowest BCUT2D eigenvalue weighted by atomic mass is 10.0. The fourth-order valence-corrected chi connectivity index (χ4v) is 3.27. The first kappa shape index (κ1) is 19.5. The van der Waals surface area contributed by atoms with Crippen molar-refractivity contribution >= 4 is 18.3 Å². The smallest absolute Gasteiger partial charge is 0.272 e. The van der Waals surface area contributed by atoms with E-state index in [0.717, 1.165) is 50.2 Å². The summed E-state index contributed by atoms with van der Waals surface area (Å²) in [6.07, 6.45) is 3.00. The molecule has 1 amide bonds. The molecule has 0 bridgehead atoms. The number of carbonyl (C=O) groups is 1. The maximum absolute atomic E-state index is 13.0. The van der Waals surface area contributed by atoms with Gasteiger partial charge in [0.1, 0.15) is 5.69 Å². The second-order valence-corrected chi connectivity index (χ2v) is 6.51. The van der Waals surface area contributed by atoms with Crippen molar-refractivity contribution < 1.29 is 4.79 Å². The summed E-state index contributed by atoms with van der Waals surface area (Å²) in [5.74, 6) is 0.0645. The molecule has 0 aliphatic carbocycles. The zero-order valence-electron chi connectivity index (χ0n) is 14.9. The van der Waals surface area contributed by atoms with E-state index in [0.29, 0.717) is 11.7 Å². The van der Waals surface area contributed by atoms with Crippen LogP contribution in [0.3, 0.4) is 0 Å². The number of amides is 1. The summed E-state index contributed by atoms with van der Waals surface area (Å²) in [5, 5.41) is 10.6. The molecular weight excluding hydrogens is 336 g/mol. The number of hydrogen-bond acceptors (Lipinski definition) is 3. The first-order valence-electron chi connectivity index (χ1n) is 8.83. The molecule has 1 aromatic carbocycles. The van der Waals surface area contributed by atoms with Crippen LogP contribution in [0.5, 0.6) is 0 Å². The minimum Gasteiger partial charge on any atom is -0.334 e. The normalized spacial score (nSPS) is 14.8. The van der Waals surface area contributed by atoms with Crippen LogP contribution >= 0.6 is 12.4 Å². The number of aryl methyl sites for hydroxylation is 1. The summed E-state index contributed by atoms with van der Waals surface area (Å²) in [4.78, 5) is 15.0. The molecule has 3 rings (SSSR count). The summed E-state index contributed by atoms with van der Waals surface area (Å²) < 4.78 is 0. The molecule has 1 saturated heterocycles. The van der Waals surface area contributed by atoms with Crippen LogP contribution in [0.25, 0.3) is 11.3 Å². The number of benzene rings is 1. The van der Waals surface area contributed by atoms with Crippen LogP contribution in [-0.2, 0) is 0 Å². The minimum absolute atomic E-state index is 0. The van der Waals surface area contributed by atoms with Gasteiger partial charge >= 0.3 is 0 Å². The standard InChI is InChI=1S/C19H26N4O.ClH/c1-3-12-23(16-8-10-20-11-9-16)19(24)18-13-17(21-22-18)15-6-4-14(2)5-7-15;/h4-7,13,16,20H,3,8-12H2,1-2H3,(H,21,22);1H. The van der Waals surface area contributed by atoms with E-state index < -0.39 is 0 Å². The lowest BCUT2D eigenvalue weighted by molar-refractivity contribution is 0.0636. The van der Waals surface area contributed by atoms with Crippen LogP contribution < -0.4 is 5.32 Å². The molecule has 0 radical (unpaired) electrons. The van der Waals surface area contributed by atoms with E-state index in [1.807, 2.05) is 23.1 Å². The number of H-pyrrole nitrogens is 1. The van der Waals surface area contributed by atoms with Crippen molar-refractivity contribution in [3.63, 3.8) is 0 Å². The molecule has 0 spiro atoms. The van der Waals surface area contributed by atoms with Gasteiger partial charge in [-0.15, -0.1) is 12.4 Å². The van der Waals surface area contributed by atoms with E-state index in [-0.39, 0.29) is 18.3 Å². The van der Waals surface area contributed by atoms with Crippen LogP contribution in [0.4, 0.5) is 0 Å². The number of aromatic amines is 1. The van der Waals surface area contributed by atoms with Gasteiger partial charge in [0.2, 0.25) is 0 Å². The first-order chi connectivity index (χ1) is 11.7. The second kappa shape index (κ2) is 9.02. The predicted octanol–water partition coefficient (Wildman–Crippen LogP) is 3.41. The van der Waals surface area contributed by atoms with E-state index in [2.05, 4.69) is 41.5 Å². The lowest BCUT2D eigenvalue weighted by Gasteiger charge is -2.34. The third kappa shape index (κ3) is 4.61. The van der Waals surface area contributed by atoms with Gasteiger partial charge in [-0.3, -0.25) is 9.89 Å². The quantitative estimate of drug-likeness (QED) is 0.856. The summed E-state index contributed by atoms with van der Waals surface area (Å²) >= 11 is 0. The largest absolute Gasteiger partial charge is 0.334 e. The number of hydrogen-bond donors (Lipinski definition) is 2. The molecule has 2 heterocycles. The predicted molar refractivity (Wildman–Crippen MR) is 103 cm³/mol. The maximum atomic E-state index is 13.0. The Morgan fingerprint density at radius 3 is 2.56 bits per heavy atom. The topological polar surface area (TPSA) is 61.0 Å². The Morgan fingerprint density at radius 1 is 1.24 bits per heavy atom. The van der Waals surface area contributed by atoms with Crippen molar-refractivity contribution in [1.82, 2.24) is 20.4 Å². The molecule has 0 unspecified atom stereocenters. The molecule has 25 heavy (non-hydrogen) atoms. The van der Waals surface area contributed by atoms with Gasteiger partial charge in [0.15, 0.2) is 0 Å². The van der Waals surface area contributed by atoms with Gasteiger partial charge in [0, 0.05) is 18.2 Å². The molecule has 1 fully saturated rings. The Kier molecular flexibility index (Phi) is 7.02. The minimum atomic E-state index is 0. The SMILES string of the molecule is CCCN(C(=O)c1cc(-c2ccc(C)cc2)n[nH]1)C1CCNCC1.Cl. The van der Waals surface area contributed by atoms with Crippen molar-refractivity contribution in [3.8, 4) is 11.3 Å². The first-order valence-corrected chi connectivity index (χ1v) is 8.83. The zero-order valence-corrected chi connectivity index (χ0v) is 15.7. The number of nitrogens with one attached hydrogen (secondary N) is 2. The fourth-order valence-electron chi connectivity index (χ4n) is 3.27. The Hall–Kier alpha value is -1.85. The number of rotatable bonds is 5. The number of carbonyl (C=O) groups excluding carboxylic acids is 1. The molecule has 5 nitrogen and oxygen atoms in total. The third-order valence-corrected chi connectivity index (χ3v) is 4.63. The Labute approximate surface area is 155 Å². The number of piperidine rings is 1. The number of aromatic nitrogens is 2. The molecule has 0 saturated carbocycles. The van der Waals surface area contributed by atoms with E-state index in [4.69, 9.17) is 0 Å². The maximum Gasteiger partial charge on any atom is 0.272 e. The van der Waals surface area contributed by atoms with Gasteiger partial charge in [0.25, 0.3) is 5.91 Å². The molecule has 1 aliphatic rings. The molecule has 6 heteroatoms. The molecule has 136 valence electrons. The van der Waals surface area contributed by atoms with Crippen LogP contribution in [0.15, 0.2) is 30.3 Å². The summed E-state index contributed by atoms with van der Waals surface area (Å²) in [7, 11) is 0. The molecule has 1 aliphatic heterocycles. The average molecular weight is 363 g/mol. The van der Waals surface area contributed by atoms with Gasteiger partial charge in [-0.05, 0) is 45.3 Å². The van der Waals surface area contributed by atoms with Gasteiger partial charge in [-0.2, -0.15) is 5.10 Å². The average Bonchev–Trinajstić information content (AvgIpc) is 3.10. The van der Waals surface area contributed by atoms with Gasteiger partial charge < -0.3 is 10.2 Å². The summed E-state index contributed by atoms with van der Waals surface area (Å²) in [5.41, 5.74) is 3.64. The summed E-state index contributed by atoms with van der Waals surface area (Å²) in [6.45, 7) is 6.94. The molecule has 2 N–H and O–H groups in total. The number of nitrogens with zero attached hydrogens (tertiary/aromatic N) is 2. The van der Waals surface area contributed by atoms with Crippen molar-refractivity contribution in [2.24, 2.45) is 0 Å². The third-order valence-electron chi connectivity index (χ3n) is 4.63. The van der Waals surface area contributed by atoms with Crippen molar-refractivity contribution in [1.29, 1.82) is 0 Å². The van der Waals surface area contributed by atoms with Crippen LogP contribution in [0.2, 0.25) is 0 Å². The Balaban J connectivity index is 0.00000225. The highest BCUT2D eigenvalue weighted by atomic mass is 35.5. The van der Waals surface area contributed by atoms with Gasteiger partial charge in [0.05, 0.1) is 5.69 Å². The highest BCUT2D eigenvalue weighted by molar-refractivity contribution is 5.93. The monoisotopic (exact) mass is 362 g/mol. The zero-order chi connectivity index (χ0) is 16.9. The highest BCUT2D eigenvalue weighted by Crippen LogP contribution is 2.21. The van der Waals surface area contributed by atoms with Crippen LogP contribution in [-0.4, -0.2) is 46.7 Å². The van der Waals surface area contributed by atoms with E-state index in [1.54, 1.807) is 0 Å². The highest BCUT2D eigenvalue weighted by Gasteiger charge is 2.26. The van der Waals surface area contributed by atoms with E-state index in [9.17, 15) is 4.79 Å². The summed E-state index contributed by atoms with van der Waals surface area (Å²) in [6, 6.07) is 10.4. The van der Waals surface area contributed by atoms with Crippen molar-refractivity contribution in [3.05, 3.63) is 41.6 Å². The van der Waals surface area contributed by atoms with Crippen LogP contribution in [0, 0.1) is 6.92 Å². The molecule has 1 aromatic heterocycles. The van der Waals surface area contributed by atoms with Gasteiger partial charge in [-0.25, -0.2) is 0 Å². The molecular formula is C19H27ClN4O. The lowest BCUT2D eigenvalue weighted by Crippen LogP contribution is -2.46. The van der Waals surface area contributed by atoms with Gasteiger partial charge in [-0.1, -0.05) is 36.8 Å². The van der Waals surface area contributed by atoms with Crippen molar-refractivity contribution in [2.45, 2.75) is 39.2 Å². The molecule has 0 atom stereocenters. The van der Waals surface area contributed by atoms with E-state index >= 15 is 0 Å². The van der Waals surface area contributed by atoms with Crippen molar-refractivity contribution in [2.75, 3.05) is 19.6 Å². The number of halogens is 1. The fraction of sp³-hybridized carbons (Fsp3) is 0.474. The molecule has 2 aromatic rings. The Morgan fingerprint density at radius 2 is 1.92 bits per heavy atom. The Bertz CT molecular complexity index is 677. The second-order valence-electron chi connectivity index (χ2n) is 6.51.